The fourth-order valence-corrected chi connectivity index (χ4v) is 7.84. The van der Waals surface area contributed by atoms with Crippen molar-refractivity contribution in [3.63, 3.8) is 0 Å². The minimum absolute atomic E-state index is 0.00919. The van der Waals surface area contributed by atoms with Crippen molar-refractivity contribution in [1.82, 2.24) is 0 Å². The van der Waals surface area contributed by atoms with Crippen LogP contribution in [-0.2, 0) is 34.1 Å². The average molecular weight is 776 g/mol. The number of aryl methyl sites for hydroxylation is 1. The SMILES string of the molecule is CC(C)c1cc(C(C)C)c(S(=O)(=O)[O-])c(C(C)C)c1.Cc1cccc(C(C[N+](C)(C)C)OC(=O)C(C)(C)C)c1N1C(=O)[C@H]2C(c3ccccc3)=NO[C@H]2C1=O. The molecule has 3 atom stereocenters. The van der Waals surface area contributed by atoms with Crippen LogP contribution < -0.4 is 4.90 Å². The van der Waals surface area contributed by atoms with Crippen LogP contribution in [0.2, 0.25) is 0 Å². The van der Waals surface area contributed by atoms with E-state index in [1.165, 1.54) is 4.90 Å². The number of carbonyl (C=O) groups is 3. The van der Waals surface area contributed by atoms with E-state index in [1.807, 2.05) is 116 Å². The molecule has 0 radical (unpaired) electrons. The molecule has 0 bridgehead atoms. The maximum Gasteiger partial charge on any atom is 0.312 e. The van der Waals surface area contributed by atoms with Gasteiger partial charge in [-0.05, 0) is 67.7 Å². The smallest absolute Gasteiger partial charge is 0.312 e. The van der Waals surface area contributed by atoms with E-state index in [-0.39, 0.29) is 22.7 Å². The highest BCUT2D eigenvalue weighted by molar-refractivity contribution is 7.85. The van der Waals surface area contributed by atoms with Gasteiger partial charge >= 0.3 is 5.97 Å². The van der Waals surface area contributed by atoms with E-state index in [0.29, 0.717) is 45.0 Å². The van der Waals surface area contributed by atoms with Crippen molar-refractivity contribution in [2.24, 2.45) is 16.5 Å². The highest BCUT2D eigenvalue weighted by Crippen LogP contribution is 2.41. The number of oxime groups is 1. The molecule has 1 saturated heterocycles. The van der Waals surface area contributed by atoms with E-state index in [9.17, 15) is 27.4 Å². The predicted octanol–water partition coefficient (Wildman–Crippen LogP) is 7.59. The monoisotopic (exact) mass is 775 g/mol. The van der Waals surface area contributed by atoms with Crippen molar-refractivity contribution < 1.29 is 41.4 Å². The van der Waals surface area contributed by atoms with E-state index in [1.54, 1.807) is 20.8 Å². The molecule has 2 aliphatic heterocycles. The summed E-state index contributed by atoms with van der Waals surface area (Å²) in [6, 6.07) is 18.5. The number of hydrogen-bond donors (Lipinski definition) is 0. The molecule has 0 spiro atoms. The molecule has 12 heteroatoms. The zero-order chi connectivity index (χ0) is 41.4. The maximum atomic E-state index is 13.8. The molecule has 0 saturated carbocycles. The van der Waals surface area contributed by atoms with E-state index in [2.05, 4.69) is 19.0 Å². The molecule has 3 aromatic rings. The molecule has 2 heterocycles. The van der Waals surface area contributed by atoms with Crippen LogP contribution in [0, 0.1) is 18.3 Å². The third-order valence-corrected chi connectivity index (χ3v) is 10.6. The lowest BCUT2D eigenvalue weighted by molar-refractivity contribution is -0.874. The molecule has 11 nitrogen and oxygen atoms in total. The standard InChI is InChI=1S/C28H34N3O5.C15H24O3S/c1-17-12-11-15-19(20(16-31(5,6)7)35-27(34)28(2,3)4)23(17)30-25(32)21-22(18-13-9-8-10-14-18)29-36-24(21)26(30)33;1-9(2)12-7-13(10(3)4)15(19(16,17)18)14(8-12)11(5)6/h8-15,20-21,24H,16H2,1-7H3;7-11H,1-6H3,(H,16,17,18)/q+1;/p-1/t20?,21-,24+;/m0./s1. The Kier molecular flexibility index (Phi) is 12.9. The molecule has 0 aliphatic carbocycles. The Bertz CT molecular complexity index is 2030. The van der Waals surface area contributed by atoms with Crippen LogP contribution >= 0.6 is 0 Å². The van der Waals surface area contributed by atoms with E-state index in [4.69, 9.17) is 9.57 Å². The number of likely N-dealkylation sites (N-methyl/N-ethyl adjacent to an activating group) is 1. The van der Waals surface area contributed by atoms with Gasteiger partial charge < -0.3 is 18.6 Å². The van der Waals surface area contributed by atoms with Gasteiger partial charge in [0.15, 0.2) is 6.10 Å². The van der Waals surface area contributed by atoms with Gasteiger partial charge in [-0.15, -0.1) is 0 Å². The van der Waals surface area contributed by atoms with Gasteiger partial charge in [-0.3, -0.25) is 14.4 Å². The van der Waals surface area contributed by atoms with Gasteiger partial charge in [-0.2, -0.15) is 0 Å². The highest BCUT2D eigenvalue weighted by Gasteiger charge is 2.57. The minimum atomic E-state index is -4.45. The van der Waals surface area contributed by atoms with Gasteiger partial charge in [0.2, 0.25) is 12.0 Å². The quantitative estimate of drug-likeness (QED) is 0.0888. The largest absolute Gasteiger partial charge is 0.744 e. The van der Waals surface area contributed by atoms with Crippen molar-refractivity contribution in [2.45, 2.75) is 104 Å². The summed E-state index contributed by atoms with van der Waals surface area (Å²) in [4.78, 5) is 47.0. The Hall–Kier alpha value is -4.39. The molecule has 2 aliphatic rings. The van der Waals surface area contributed by atoms with Crippen molar-refractivity contribution in [3.05, 3.63) is 94.0 Å². The lowest BCUT2D eigenvalue weighted by Gasteiger charge is -2.33. The lowest BCUT2D eigenvalue weighted by atomic mass is 9.89. The first-order valence-electron chi connectivity index (χ1n) is 18.8. The Balaban J connectivity index is 0.000000299. The molecular formula is C43H57N3O8S. The Morgan fingerprint density at radius 1 is 0.873 bits per heavy atom. The summed E-state index contributed by atoms with van der Waals surface area (Å²) >= 11 is 0. The number of imide groups is 1. The van der Waals surface area contributed by atoms with E-state index in [0.717, 1.165) is 16.7 Å². The van der Waals surface area contributed by atoms with Crippen molar-refractivity contribution >= 4 is 39.3 Å². The number of amides is 2. The van der Waals surface area contributed by atoms with Crippen molar-refractivity contribution in [1.29, 1.82) is 0 Å². The second kappa shape index (κ2) is 16.4. The molecule has 2 amide bonds. The van der Waals surface area contributed by atoms with Crippen LogP contribution in [0.5, 0.6) is 0 Å². The topological polar surface area (TPSA) is 142 Å². The molecular weight excluding hydrogens is 719 g/mol. The summed E-state index contributed by atoms with van der Waals surface area (Å²) < 4.78 is 41.4. The van der Waals surface area contributed by atoms with Gasteiger partial charge in [-0.25, -0.2) is 13.3 Å². The van der Waals surface area contributed by atoms with Crippen LogP contribution in [0.3, 0.4) is 0 Å². The van der Waals surface area contributed by atoms with Gasteiger partial charge in [0.1, 0.15) is 28.3 Å². The van der Waals surface area contributed by atoms with Crippen molar-refractivity contribution in [2.75, 3.05) is 32.6 Å². The summed E-state index contributed by atoms with van der Waals surface area (Å²) in [5.74, 6) is -1.73. The number of ether oxygens (including phenoxy) is 1. The zero-order valence-corrected chi connectivity index (χ0v) is 35.3. The molecule has 1 unspecified atom stereocenters. The summed E-state index contributed by atoms with van der Waals surface area (Å²) in [6.45, 7) is 19.5. The van der Waals surface area contributed by atoms with Crippen LogP contribution in [-0.4, -0.2) is 74.7 Å². The minimum Gasteiger partial charge on any atom is -0.744 e. The number of quaternary nitrogens is 1. The maximum absolute atomic E-state index is 13.8. The van der Waals surface area contributed by atoms with Crippen molar-refractivity contribution in [3.8, 4) is 0 Å². The van der Waals surface area contributed by atoms with Crippen LogP contribution in [0.4, 0.5) is 5.69 Å². The third-order valence-electron chi connectivity index (χ3n) is 9.63. The fraction of sp³-hybridized carbons (Fsp3) is 0.488. The number of benzene rings is 3. The number of hydrogen-bond acceptors (Lipinski definition) is 9. The second-order valence-electron chi connectivity index (χ2n) is 17.4. The van der Waals surface area contributed by atoms with Gasteiger partial charge in [0, 0.05) is 11.1 Å². The van der Waals surface area contributed by atoms with Crippen LogP contribution in [0.15, 0.2) is 70.7 Å². The first kappa shape index (κ1) is 43.3. The molecule has 55 heavy (non-hydrogen) atoms. The Morgan fingerprint density at radius 3 is 1.91 bits per heavy atom. The molecule has 0 aromatic heterocycles. The Morgan fingerprint density at radius 2 is 1.44 bits per heavy atom. The molecule has 0 N–H and O–H groups in total. The molecule has 1 fully saturated rings. The summed E-state index contributed by atoms with van der Waals surface area (Å²) in [6.07, 6.45) is -1.69. The number of esters is 1. The molecule has 298 valence electrons. The van der Waals surface area contributed by atoms with E-state index >= 15 is 0 Å². The number of para-hydroxylation sites is 1. The van der Waals surface area contributed by atoms with Crippen LogP contribution in [0.25, 0.3) is 0 Å². The Labute approximate surface area is 327 Å². The third kappa shape index (κ3) is 9.71. The first-order valence-corrected chi connectivity index (χ1v) is 20.2. The normalized spacial score (nSPS) is 17.9. The number of anilines is 1. The summed E-state index contributed by atoms with van der Waals surface area (Å²) in [7, 11) is 1.55. The summed E-state index contributed by atoms with van der Waals surface area (Å²) in [5.41, 5.74) is 4.62. The van der Waals surface area contributed by atoms with Gasteiger partial charge in [-0.1, -0.05) is 107 Å². The summed E-state index contributed by atoms with van der Waals surface area (Å²) in [5, 5.41) is 4.09. The predicted molar refractivity (Wildman–Crippen MR) is 213 cm³/mol. The number of nitrogens with zero attached hydrogens (tertiary/aromatic N) is 3. The van der Waals surface area contributed by atoms with Gasteiger partial charge in [0.05, 0.1) is 37.1 Å². The molecule has 3 aromatic carbocycles. The zero-order valence-electron chi connectivity index (χ0n) is 34.5. The van der Waals surface area contributed by atoms with Gasteiger partial charge in [0.25, 0.3) is 5.91 Å². The average Bonchev–Trinajstić information content (AvgIpc) is 3.62. The molecule has 5 rings (SSSR count). The fourth-order valence-electron chi connectivity index (χ4n) is 6.67. The highest BCUT2D eigenvalue weighted by atomic mass is 32.2. The number of fused-ring (bicyclic) bond motifs is 1. The second-order valence-corrected chi connectivity index (χ2v) is 18.8. The number of rotatable bonds is 10. The number of carbonyl (C=O) groups excluding carboxylic acids is 3. The van der Waals surface area contributed by atoms with Crippen LogP contribution in [0.1, 0.15) is 120 Å². The lowest BCUT2D eigenvalue weighted by Crippen LogP contribution is -2.41. The van der Waals surface area contributed by atoms with E-state index < -0.39 is 45.5 Å². The first-order chi connectivity index (χ1) is 25.3.